The largest absolute Gasteiger partial charge is 0.384 e. The number of rotatable bonds is 2. The summed E-state index contributed by atoms with van der Waals surface area (Å²) >= 11 is 0. The molecule has 2 rings (SSSR count). The summed E-state index contributed by atoms with van der Waals surface area (Å²) in [5.41, 5.74) is 1.32. The van der Waals surface area contributed by atoms with E-state index in [1.54, 1.807) is 18.0 Å². The molecule has 1 amide bonds. The fraction of sp³-hybridized carbons (Fsp3) is 0.400. The van der Waals surface area contributed by atoms with E-state index < -0.39 is 0 Å². The number of aliphatic hydroxyl groups excluding tert-OH is 1. The van der Waals surface area contributed by atoms with Gasteiger partial charge in [-0.15, -0.1) is 0 Å². The fourth-order valence-electron chi connectivity index (χ4n) is 2.16. The van der Waals surface area contributed by atoms with E-state index in [0.717, 1.165) is 12.1 Å². The minimum atomic E-state index is -0.356. The van der Waals surface area contributed by atoms with Gasteiger partial charge in [0.05, 0.1) is 6.54 Å². The zero-order chi connectivity index (χ0) is 14.5. The van der Waals surface area contributed by atoms with E-state index in [0.29, 0.717) is 25.2 Å². The summed E-state index contributed by atoms with van der Waals surface area (Å²) in [6.45, 7) is 2.08. The van der Waals surface area contributed by atoms with Gasteiger partial charge in [-0.3, -0.25) is 9.69 Å². The number of hydrogen-bond donors (Lipinski definition) is 1. The molecular weight excluding hydrogens is 259 g/mol. The maximum absolute atomic E-state index is 13.5. The molecule has 5 heteroatoms. The van der Waals surface area contributed by atoms with Gasteiger partial charge < -0.3 is 10.0 Å². The molecule has 0 unspecified atom stereocenters. The monoisotopic (exact) mass is 276 g/mol. The number of aliphatic hydroxyl groups is 1. The van der Waals surface area contributed by atoms with Gasteiger partial charge in [0.1, 0.15) is 12.4 Å². The van der Waals surface area contributed by atoms with Crippen LogP contribution in [-0.4, -0.2) is 54.1 Å². The van der Waals surface area contributed by atoms with Gasteiger partial charge in [0.15, 0.2) is 0 Å². The lowest BCUT2D eigenvalue weighted by molar-refractivity contribution is -0.134. The Morgan fingerprint density at radius 1 is 1.35 bits per heavy atom. The van der Waals surface area contributed by atoms with Gasteiger partial charge in [-0.25, -0.2) is 4.39 Å². The van der Waals surface area contributed by atoms with Crippen molar-refractivity contribution in [2.45, 2.75) is 6.54 Å². The summed E-state index contributed by atoms with van der Waals surface area (Å²) < 4.78 is 13.5. The van der Waals surface area contributed by atoms with Gasteiger partial charge in [-0.1, -0.05) is 11.8 Å². The Bertz CT molecular complexity index is 563. The van der Waals surface area contributed by atoms with Crippen molar-refractivity contribution in [3.63, 3.8) is 0 Å². The maximum atomic E-state index is 13.5. The number of piperazine rings is 1. The lowest BCUT2D eigenvalue weighted by atomic mass is 10.1. The van der Waals surface area contributed by atoms with Gasteiger partial charge >= 0.3 is 0 Å². The smallest absolute Gasteiger partial charge is 0.236 e. The van der Waals surface area contributed by atoms with Crippen molar-refractivity contribution in [2.24, 2.45) is 0 Å². The number of amides is 1. The molecule has 4 nitrogen and oxygen atoms in total. The van der Waals surface area contributed by atoms with E-state index in [2.05, 4.69) is 11.8 Å². The highest BCUT2D eigenvalue weighted by atomic mass is 19.1. The van der Waals surface area contributed by atoms with Crippen LogP contribution >= 0.6 is 0 Å². The zero-order valence-electron chi connectivity index (χ0n) is 11.4. The van der Waals surface area contributed by atoms with E-state index in [4.69, 9.17) is 5.11 Å². The third-order valence-electron chi connectivity index (χ3n) is 3.21. The number of benzene rings is 1. The van der Waals surface area contributed by atoms with Crippen LogP contribution in [0.2, 0.25) is 0 Å². The molecule has 1 aromatic carbocycles. The minimum absolute atomic E-state index is 0.0768. The van der Waals surface area contributed by atoms with Crippen molar-refractivity contribution >= 4 is 5.91 Å². The standard InChI is InChI=1S/C15H17FN2O2/c1-17-4-5-18(11-15(17)20)10-13-7-12(3-2-6-19)8-14(16)9-13/h7-9,19H,4-6,10-11H2,1H3. The third kappa shape index (κ3) is 3.80. The molecule has 1 fully saturated rings. The van der Waals surface area contributed by atoms with Gasteiger partial charge in [0, 0.05) is 32.2 Å². The van der Waals surface area contributed by atoms with E-state index in [9.17, 15) is 9.18 Å². The second kappa shape index (κ2) is 6.51. The molecule has 1 heterocycles. The quantitative estimate of drug-likeness (QED) is 0.797. The molecule has 0 aromatic heterocycles. The second-order valence-corrected chi connectivity index (χ2v) is 4.83. The lowest BCUT2D eigenvalue weighted by Gasteiger charge is -2.31. The Labute approximate surface area is 117 Å². The SMILES string of the molecule is CN1CCN(Cc2cc(F)cc(C#CCO)c2)CC1=O. The summed E-state index contributed by atoms with van der Waals surface area (Å²) in [7, 11) is 1.78. The topological polar surface area (TPSA) is 43.8 Å². The van der Waals surface area contributed by atoms with Crippen LogP contribution < -0.4 is 0 Å². The molecule has 106 valence electrons. The molecule has 0 spiro atoms. The molecule has 1 saturated heterocycles. The summed E-state index contributed by atoms with van der Waals surface area (Å²) in [5, 5.41) is 8.66. The first-order valence-electron chi connectivity index (χ1n) is 6.44. The zero-order valence-corrected chi connectivity index (χ0v) is 11.4. The molecule has 1 aliphatic heterocycles. The first-order chi connectivity index (χ1) is 9.58. The molecule has 0 aliphatic carbocycles. The molecule has 0 atom stereocenters. The number of nitrogens with zero attached hydrogens (tertiary/aromatic N) is 2. The number of halogens is 1. The molecular formula is C15H17FN2O2. The number of likely N-dealkylation sites (N-methyl/N-ethyl adjacent to an activating group) is 1. The van der Waals surface area contributed by atoms with Crippen molar-refractivity contribution in [1.29, 1.82) is 0 Å². The van der Waals surface area contributed by atoms with Crippen molar-refractivity contribution in [1.82, 2.24) is 9.80 Å². The predicted molar refractivity (Wildman–Crippen MR) is 73.3 cm³/mol. The van der Waals surface area contributed by atoms with Crippen LogP contribution in [-0.2, 0) is 11.3 Å². The van der Waals surface area contributed by atoms with Crippen LogP contribution in [0, 0.1) is 17.7 Å². The highest BCUT2D eigenvalue weighted by Gasteiger charge is 2.20. The second-order valence-electron chi connectivity index (χ2n) is 4.83. The molecule has 0 saturated carbocycles. The summed E-state index contributed by atoms with van der Waals surface area (Å²) in [5.74, 6) is 4.92. The summed E-state index contributed by atoms with van der Waals surface area (Å²) in [6.07, 6.45) is 0. The first-order valence-corrected chi connectivity index (χ1v) is 6.44. The van der Waals surface area contributed by atoms with Crippen molar-refractivity contribution in [2.75, 3.05) is 33.3 Å². The Morgan fingerprint density at radius 3 is 2.85 bits per heavy atom. The van der Waals surface area contributed by atoms with Crippen molar-refractivity contribution < 1.29 is 14.3 Å². The predicted octanol–water partition coefficient (Wildman–Crippen LogP) is 0.443. The average molecular weight is 276 g/mol. The number of carbonyl (C=O) groups is 1. The molecule has 1 N–H and O–H groups in total. The lowest BCUT2D eigenvalue weighted by Crippen LogP contribution is -2.47. The maximum Gasteiger partial charge on any atom is 0.236 e. The van der Waals surface area contributed by atoms with E-state index in [-0.39, 0.29) is 18.3 Å². The highest BCUT2D eigenvalue weighted by molar-refractivity contribution is 5.78. The first kappa shape index (κ1) is 14.5. The summed E-state index contributed by atoms with van der Waals surface area (Å²) in [4.78, 5) is 15.3. The molecule has 0 bridgehead atoms. The van der Waals surface area contributed by atoms with Crippen LogP contribution in [0.1, 0.15) is 11.1 Å². The third-order valence-corrected chi connectivity index (χ3v) is 3.21. The Balaban J connectivity index is 2.09. The Hall–Kier alpha value is -1.90. The molecule has 20 heavy (non-hydrogen) atoms. The van der Waals surface area contributed by atoms with Crippen LogP contribution in [0.4, 0.5) is 4.39 Å². The van der Waals surface area contributed by atoms with Gasteiger partial charge in [-0.2, -0.15) is 0 Å². The van der Waals surface area contributed by atoms with E-state index >= 15 is 0 Å². The Kier molecular flexibility index (Phi) is 4.72. The van der Waals surface area contributed by atoms with Crippen molar-refractivity contribution in [3.8, 4) is 11.8 Å². The molecule has 1 aliphatic rings. The van der Waals surface area contributed by atoms with Crippen LogP contribution in [0.3, 0.4) is 0 Å². The highest BCUT2D eigenvalue weighted by Crippen LogP contribution is 2.13. The fourth-order valence-corrected chi connectivity index (χ4v) is 2.16. The van der Waals surface area contributed by atoms with E-state index in [1.165, 1.54) is 12.1 Å². The summed E-state index contributed by atoms with van der Waals surface area (Å²) in [6, 6.07) is 4.57. The molecule has 1 aromatic rings. The molecule has 0 radical (unpaired) electrons. The average Bonchev–Trinajstić information content (AvgIpc) is 2.40. The van der Waals surface area contributed by atoms with Crippen LogP contribution in [0.5, 0.6) is 0 Å². The van der Waals surface area contributed by atoms with Gasteiger partial charge in [-0.05, 0) is 23.8 Å². The minimum Gasteiger partial charge on any atom is -0.384 e. The number of hydrogen-bond acceptors (Lipinski definition) is 3. The van der Waals surface area contributed by atoms with Crippen LogP contribution in [0.25, 0.3) is 0 Å². The number of carbonyl (C=O) groups excluding carboxylic acids is 1. The van der Waals surface area contributed by atoms with Crippen LogP contribution in [0.15, 0.2) is 18.2 Å². The Morgan fingerprint density at radius 2 is 2.15 bits per heavy atom. The van der Waals surface area contributed by atoms with Gasteiger partial charge in [0.25, 0.3) is 0 Å². The van der Waals surface area contributed by atoms with Crippen molar-refractivity contribution in [3.05, 3.63) is 35.1 Å². The normalized spacial score (nSPS) is 15.9. The van der Waals surface area contributed by atoms with Gasteiger partial charge in [0.2, 0.25) is 5.91 Å². The van der Waals surface area contributed by atoms with E-state index in [1.807, 2.05) is 4.90 Å².